The minimum absolute atomic E-state index is 0.238. The number of nitrogens with one attached hydrogen (secondary N) is 2. The minimum Gasteiger partial charge on any atom is -0.454 e. The smallest absolute Gasteiger partial charge is 0.325 e. The molecular formula is C18H15N3O3S. The van der Waals surface area contributed by atoms with Crippen molar-refractivity contribution in [2.45, 2.75) is 6.92 Å². The van der Waals surface area contributed by atoms with Crippen LogP contribution in [-0.4, -0.2) is 17.8 Å². The van der Waals surface area contributed by atoms with E-state index in [2.05, 4.69) is 15.6 Å². The van der Waals surface area contributed by atoms with E-state index in [4.69, 9.17) is 9.47 Å². The van der Waals surface area contributed by atoms with Gasteiger partial charge in [-0.1, -0.05) is 18.2 Å². The van der Waals surface area contributed by atoms with E-state index in [1.165, 1.54) is 11.3 Å². The molecule has 2 amide bonds. The summed E-state index contributed by atoms with van der Waals surface area (Å²) in [5, 5.41) is 8.00. The van der Waals surface area contributed by atoms with Crippen LogP contribution in [-0.2, 0) is 0 Å². The maximum Gasteiger partial charge on any atom is 0.325 e. The van der Waals surface area contributed by atoms with Crippen molar-refractivity contribution in [3.05, 3.63) is 53.4 Å². The molecule has 2 heterocycles. The molecule has 0 fully saturated rings. The Hall–Kier alpha value is -3.06. The number of thiazole rings is 1. The summed E-state index contributed by atoms with van der Waals surface area (Å²) < 4.78 is 10.7. The van der Waals surface area contributed by atoms with E-state index in [1.807, 2.05) is 54.8 Å². The van der Waals surface area contributed by atoms with Gasteiger partial charge in [0.1, 0.15) is 0 Å². The number of anilines is 2. The molecule has 126 valence electrons. The van der Waals surface area contributed by atoms with Crippen LogP contribution in [0.3, 0.4) is 0 Å². The number of amides is 2. The molecule has 1 aromatic heterocycles. The second kappa shape index (κ2) is 6.45. The van der Waals surface area contributed by atoms with Gasteiger partial charge in [0, 0.05) is 16.6 Å². The highest BCUT2D eigenvalue weighted by Gasteiger charge is 2.15. The second-order valence-electron chi connectivity index (χ2n) is 5.50. The zero-order chi connectivity index (χ0) is 17.2. The van der Waals surface area contributed by atoms with Crippen LogP contribution in [0.2, 0.25) is 0 Å². The van der Waals surface area contributed by atoms with Crippen LogP contribution in [0.1, 0.15) is 5.56 Å². The van der Waals surface area contributed by atoms with E-state index in [0.29, 0.717) is 10.9 Å². The largest absolute Gasteiger partial charge is 0.454 e. The fourth-order valence-corrected chi connectivity index (χ4v) is 3.20. The van der Waals surface area contributed by atoms with Gasteiger partial charge in [-0.25, -0.2) is 9.78 Å². The lowest BCUT2D eigenvalue weighted by Gasteiger charge is -2.07. The van der Waals surface area contributed by atoms with Crippen molar-refractivity contribution >= 4 is 28.2 Å². The number of urea groups is 1. The highest BCUT2D eigenvalue weighted by Crippen LogP contribution is 2.36. The number of para-hydroxylation sites is 1. The summed E-state index contributed by atoms with van der Waals surface area (Å²) in [7, 11) is 0. The summed E-state index contributed by atoms with van der Waals surface area (Å²) in [4.78, 5) is 16.6. The predicted octanol–water partition coefficient (Wildman–Crippen LogP) is 4.49. The highest BCUT2D eigenvalue weighted by atomic mass is 32.1. The molecule has 25 heavy (non-hydrogen) atoms. The summed E-state index contributed by atoms with van der Waals surface area (Å²) in [6.07, 6.45) is 0. The van der Waals surface area contributed by atoms with Crippen LogP contribution in [0.4, 0.5) is 15.6 Å². The van der Waals surface area contributed by atoms with Gasteiger partial charge in [-0.2, -0.15) is 0 Å². The van der Waals surface area contributed by atoms with Gasteiger partial charge in [0.15, 0.2) is 16.6 Å². The topological polar surface area (TPSA) is 72.5 Å². The molecular weight excluding hydrogens is 338 g/mol. The number of ether oxygens (including phenoxy) is 2. The number of carbonyl (C=O) groups excluding carboxylic acids is 1. The quantitative estimate of drug-likeness (QED) is 0.728. The third kappa shape index (κ3) is 3.27. The predicted molar refractivity (Wildman–Crippen MR) is 97.5 cm³/mol. The minimum atomic E-state index is -0.319. The normalized spacial score (nSPS) is 12.0. The zero-order valence-electron chi connectivity index (χ0n) is 13.4. The lowest BCUT2D eigenvalue weighted by atomic mass is 10.1. The monoisotopic (exact) mass is 353 g/mol. The molecule has 2 aromatic carbocycles. The molecule has 2 N–H and O–H groups in total. The molecule has 1 aliphatic heterocycles. The standard InChI is InChI=1S/C18H15N3O3S/c1-11-4-2-3-5-13(11)19-17(22)21-18-20-14(9-25-18)12-6-7-15-16(8-12)24-10-23-15/h2-9H,10H2,1H3,(H2,19,20,21,22). The van der Waals surface area contributed by atoms with Crippen LogP contribution < -0.4 is 20.1 Å². The maximum absolute atomic E-state index is 12.1. The van der Waals surface area contributed by atoms with E-state index in [9.17, 15) is 4.79 Å². The number of aromatic nitrogens is 1. The van der Waals surface area contributed by atoms with Gasteiger partial charge in [0.05, 0.1) is 5.69 Å². The Kier molecular flexibility index (Phi) is 3.99. The van der Waals surface area contributed by atoms with E-state index in [-0.39, 0.29) is 12.8 Å². The van der Waals surface area contributed by atoms with Crippen molar-refractivity contribution in [1.82, 2.24) is 4.98 Å². The van der Waals surface area contributed by atoms with Gasteiger partial charge in [0.2, 0.25) is 6.79 Å². The number of carbonyl (C=O) groups is 1. The molecule has 7 heteroatoms. The van der Waals surface area contributed by atoms with Crippen LogP contribution >= 0.6 is 11.3 Å². The summed E-state index contributed by atoms with van der Waals surface area (Å²) in [6.45, 7) is 2.18. The van der Waals surface area contributed by atoms with E-state index < -0.39 is 0 Å². The van der Waals surface area contributed by atoms with E-state index in [1.54, 1.807) is 0 Å². The van der Waals surface area contributed by atoms with Crippen molar-refractivity contribution < 1.29 is 14.3 Å². The number of benzene rings is 2. The molecule has 0 unspecified atom stereocenters. The molecule has 0 saturated carbocycles. The first-order chi connectivity index (χ1) is 12.2. The Morgan fingerprint density at radius 1 is 1.12 bits per heavy atom. The third-order valence-electron chi connectivity index (χ3n) is 3.79. The molecule has 3 aromatic rings. The fraction of sp³-hybridized carbons (Fsp3) is 0.111. The van der Waals surface area contributed by atoms with Gasteiger partial charge in [0.25, 0.3) is 0 Å². The highest BCUT2D eigenvalue weighted by molar-refractivity contribution is 7.14. The Balaban J connectivity index is 1.46. The van der Waals surface area contributed by atoms with Crippen molar-refractivity contribution in [3.8, 4) is 22.8 Å². The average Bonchev–Trinajstić information content (AvgIpc) is 3.25. The molecule has 0 radical (unpaired) electrons. The van der Waals surface area contributed by atoms with Gasteiger partial charge in [-0.05, 0) is 36.8 Å². The third-order valence-corrected chi connectivity index (χ3v) is 4.54. The Labute approximate surface area is 148 Å². The van der Waals surface area contributed by atoms with Gasteiger partial charge < -0.3 is 14.8 Å². The summed E-state index contributed by atoms with van der Waals surface area (Å²) in [5.74, 6) is 1.44. The van der Waals surface area contributed by atoms with Crippen molar-refractivity contribution in [3.63, 3.8) is 0 Å². The number of nitrogens with zero attached hydrogens (tertiary/aromatic N) is 1. The van der Waals surface area contributed by atoms with Gasteiger partial charge in [-0.15, -0.1) is 11.3 Å². The fourth-order valence-electron chi connectivity index (χ4n) is 2.48. The van der Waals surface area contributed by atoms with Crippen molar-refractivity contribution in [2.24, 2.45) is 0 Å². The average molecular weight is 353 g/mol. The first kappa shape index (κ1) is 15.5. The number of aryl methyl sites for hydroxylation is 1. The molecule has 6 nitrogen and oxygen atoms in total. The van der Waals surface area contributed by atoms with Crippen LogP contribution in [0.5, 0.6) is 11.5 Å². The Morgan fingerprint density at radius 3 is 2.84 bits per heavy atom. The molecule has 4 rings (SSSR count). The number of hydrogen-bond acceptors (Lipinski definition) is 5. The molecule has 0 atom stereocenters. The number of fused-ring (bicyclic) bond motifs is 1. The zero-order valence-corrected chi connectivity index (χ0v) is 14.2. The number of rotatable bonds is 3. The lowest BCUT2D eigenvalue weighted by Crippen LogP contribution is -2.19. The van der Waals surface area contributed by atoms with Crippen LogP contribution in [0.15, 0.2) is 47.8 Å². The maximum atomic E-state index is 12.1. The molecule has 0 bridgehead atoms. The van der Waals surface area contributed by atoms with E-state index >= 15 is 0 Å². The molecule has 0 aliphatic carbocycles. The Bertz CT molecular complexity index is 939. The van der Waals surface area contributed by atoms with E-state index in [0.717, 1.165) is 28.3 Å². The van der Waals surface area contributed by atoms with Gasteiger partial charge in [-0.3, -0.25) is 5.32 Å². The second-order valence-corrected chi connectivity index (χ2v) is 6.36. The van der Waals surface area contributed by atoms with Crippen molar-refractivity contribution in [2.75, 3.05) is 17.4 Å². The van der Waals surface area contributed by atoms with Crippen LogP contribution in [0.25, 0.3) is 11.3 Å². The van der Waals surface area contributed by atoms with Crippen LogP contribution in [0, 0.1) is 6.92 Å². The molecule has 1 aliphatic rings. The summed E-state index contributed by atoms with van der Waals surface area (Å²) >= 11 is 1.37. The van der Waals surface area contributed by atoms with Gasteiger partial charge >= 0.3 is 6.03 Å². The SMILES string of the molecule is Cc1ccccc1NC(=O)Nc1nc(-c2ccc3c(c2)OCO3)cs1. The molecule has 0 spiro atoms. The first-order valence-electron chi connectivity index (χ1n) is 7.68. The Morgan fingerprint density at radius 2 is 1.96 bits per heavy atom. The van der Waals surface area contributed by atoms with Crippen molar-refractivity contribution in [1.29, 1.82) is 0 Å². The lowest BCUT2D eigenvalue weighted by molar-refractivity contribution is 0.174. The number of hydrogen-bond donors (Lipinski definition) is 2. The first-order valence-corrected chi connectivity index (χ1v) is 8.56. The summed E-state index contributed by atoms with van der Waals surface area (Å²) in [6, 6.07) is 12.9. The summed E-state index contributed by atoms with van der Waals surface area (Å²) in [5.41, 5.74) is 3.45. The molecule has 0 saturated heterocycles.